The number of pyridine rings is 1. The Morgan fingerprint density at radius 2 is 1.50 bits per heavy atom. The normalized spacial score (nSPS) is 15.0. The van der Waals surface area contributed by atoms with Crippen LogP contribution in [-0.4, -0.2) is 21.0 Å². The van der Waals surface area contributed by atoms with Crippen LogP contribution < -0.4 is 23.5 Å². The third-order valence-corrected chi connectivity index (χ3v) is 9.59. The van der Waals surface area contributed by atoms with Gasteiger partial charge >= 0.3 is 0 Å². The largest absolute Gasteiger partial charge is 0.493 e. The van der Waals surface area contributed by atoms with Crippen LogP contribution in [0.15, 0.2) is 94.0 Å². The Kier molecular flexibility index (Phi) is 7.32. The molecule has 7 heteroatoms. The van der Waals surface area contributed by atoms with Crippen molar-refractivity contribution in [2.75, 3.05) is 21.0 Å². The number of ether oxygens (including phenoxy) is 4. The molecule has 0 spiro atoms. The number of fused-ring (bicyclic) bond motifs is 5. The zero-order chi connectivity index (χ0) is 28.8. The van der Waals surface area contributed by atoms with Crippen molar-refractivity contribution in [3.8, 4) is 34.3 Å². The Morgan fingerprint density at radius 1 is 0.833 bits per heavy atom. The highest BCUT2D eigenvalue weighted by Gasteiger charge is 2.35. The van der Waals surface area contributed by atoms with Gasteiger partial charge in [0.15, 0.2) is 35.7 Å². The highest BCUT2D eigenvalue weighted by molar-refractivity contribution is 9.10. The summed E-state index contributed by atoms with van der Waals surface area (Å²) in [5.74, 6) is 3.68. The minimum absolute atomic E-state index is 0.257. The molecule has 0 N–H and O–H groups in total. The molecule has 0 saturated carbocycles. The van der Waals surface area contributed by atoms with E-state index in [2.05, 4.69) is 115 Å². The molecule has 0 bridgehead atoms. The van der Waals surface area contributed by atoms with Crippen LogP contribution in [-0.2, 0) is 6.54 Å². The Hall–Kier alpha value is -3.55. The maximum absolute atomic E-state index is 5.85. The predicted molar refractivity (Wildman–Crippen MR) is 171 cm³/mol. The molecule has 42 heavy (non-hydrogen) atoms. The lowest BCUT2D eigenvalue weighted by Gasteiger charge is -2.26. The molecule has 5 aromatic rings. The van der Waals surface area contributed by atoms with Crippen molar-refractivity contribution in [2.45, 2.75) is 31.2 Å². The standard InChI is InChI=1S/C35H30Br2NO4/c1-39-32-14-8-23-15-31-29-17-34-33(41-20-42-34)16-28(29)24(18-38(31)19-30(23)35(32)40-2)7-13-27(21-3-9-25(36)10-4-21)22-5-11-26(37)12-6-22/h3-6,8-12,14-17,19,24,27H,7,13,18,20H2,1-2H3/q+1. The lowest BCUT2D eigenvalue weighted by Crippen LogP contribution is -2.42. The Bertz CT molecular complexity index is 1740. The molecule has 0 fully saturated rings. The lowest BCUT2D eigenvalue weighted by molar-refractivity contribution is -0.689. The molecule has 1 atom stereocenters. The average Bonchev–Trinajstić information content (AvgIpc) is 3.48. The predicted octanol–water partition coefficient (Wildman–Crippen LogP) is 8.77. The van der Waals surface area contributed by atoms with Crippen LogP contribution in [0, 0.1) is 0 Å². The molecule has 7 rings (SSSR count). The number of halogens is 2. The third kappa shape index (κ3) is 4.92. The van der Waals surface area contributed by atoms with Gasteiger partial charge < -0.3 is 18.9 Å². The number of rotatable bonds is 7. The zero-order valence-corrected chi connectivity index (χ0v) is 26.6. The molecule has 212 valence electrons. The molecule has 1 unspecified atom stereocenters. The maximum atomic E-state index is 5.85. The molecule has 4 aromatic carbocycles. The van der Waals surface area contributed by atoms with Crippen molar-refractivity contribution >= 4 is 42.6 Å². The van der Waals surface area contributed by atoms with Crippen LogP contribution in [0.5, 0.6) is 23.0 Å². The van der Waals surface area contributed by atoms with Crippen LogP contribution in [0.2, 0.25) is 0 Å². The second-order valence-corrected chi connectivity index (χ2v) is 12.7. The fourth-order valence-corrected chi connectivity index (χ4v) is 6.98. The second kappa shape index (κ2) is 11.3. The monoisotopic (exact) mass is 686 g/mol. The first-order valence-electron chi connectivity index (χ1n) is 14.1. The van der Waals surface area contributed by atoms with Crippen molar-refractivity contribution in [1.82, 2.24) is 0 Å². The van der Waals surface area contributed by atoms with Crippen molar-refractivity contribution in [2.24, 2.45) is 0 Å². The van der Waals surface area contributed by atoms with E-state index >= 15 is 0 Å². The van der Waals surface area contributed by atoms with E-state index in [4.69, 9.17) is 18.9 Å². The van der Waals surface area contributed by atoms with Gasteiger partial charge in [-0.3, -0.25) is 0 Å². The summed E-state index contributed by atoms with van der Waals surface area (Å²) in [7, 11) is 3.38. The fraction of sp³-hybridized carbons (Fsp3) is 0.229. The van der Waals surface area contributed by atoms with Gasteiger partial charge in [-0.05, 0) is 83.4 Å². The molecule has 2 aliphatic heterocycles. The molecule has 5 nitrogen and oxygen atoms in total. The first-order valence-corrected chi connectivity index (χ1v) is 15.6. The topological polar surface area (TPSA) is 40.8 Å². The number of aromatic nitrogens is 1. The first kappa shape index (κ1) is 27.3. The molecule has 0 radical (unpaired) electrons. The van der Waals surface area contributed by atoms with Crippen LogP contribution in [0.25, 0.3) is 22.0 Å². The van der Waals surface area contributed by atoms with E-state index in [9.17, 15) is 0 Å². The molecule has 3 heterocycles. The summed E-state index contributed by atoms with van der Waals surface area (Å²) in [6, 6.07) is 28.2. The summed E-state index contributed by atoms with van der Waals surface area (Å²) in [5, 5.41) is 2.14. The molecule has 0 aliphatic carbocycles. The zero-order valence-electron chi connectivity index (χ0n) is 23.4. The SMILES string of the molecule is COc1ccc2cc3[n+](cc2c1OC)CC(CCC(c1ccc(Br)cc1)c1ccc(Br)cc1)c1cc2c(cc1-3)OCO2. The lowest BCUT2D eigenvalue weighted by atomic mass is 9.80. The summed E-state index contributed by atoms with van der Waals surface area (Å²) < 4.78 is 27.6. The third-order valence-electron chi connectivity index (χ3n) is 8.53. The van der Waals surface area contributed by atoms with Gasteiger partial charge in [0.2, 0.25) is 12.5 Å². The number of nitrogens with zero attached hydrogens (tertiary/aromatic N) is 1. The van der Waals surface area contributed by atoms with E-state index < -0.39 is 0 Å². The molecule has 2 aliphatic rings. The molecule has 1 aromatic heterocycles. The Balaban J connectivity index is 1.30. The number of benzene rings is 4. The van der Waals surface area contributed by atoms with Gasteiger partial charge in [-0.1, -0.05) is 56.1 Å². The van der Waals surface area contributed by atoms with Crippen molar-refractivity contribution in [1.29, 1.82) is 0 Å². The van der Waals surface area contributed by atoms with Gasteiger partial charge in [-0.15, -0.1) is 0 Å². The fourth-order valence-electron chi connectivity index (χ4n) is 6.45. The minimum atomic E-state index is 0.257. The van der Waals surface area contributed by atoms with E-state index in [0.29, 0.717) is 0 Å². The summed E-state index contributed by atoms with van der Waals surface area (Å²) in [5.41, 5.74) is 6.30. The number of methoxy groups -OCH3 is 2. The molecule has 0 saturated heterocycles. The second-order valence-electron chi connectivity index (χ2n) is 10.8. The van der Waals surface area contributed by atoms with Crippen molar-refractivity contribution in [3.05, 3.63) is 111 Å². The van der Waals surface area contributed by atoms with Gasteiger partial charge in [-0.25, -0.2) is 0 Å². The molecular formula is C35H30Br2NO4+. The van der Waals surface area contributed by atoms with Crippen molar-refractivity contribution < 1.29 is 23.5 Å². The van der Waals surface area contributed by atoms with Crippen LogP contribution in [0.4, 0.5) is 0 Å². The summed E-state index contributed by atoms with van der Waals surface area (Å²) in [6.07, 6.45) is 4.22. The smallest absolute Gasteiger partial charge is 0.231 e. The highest BCUT2D eigenvalue weighted by Crippen LogP contribution is 2.46. The van der Waals surface area contributed by atoms with Crippen LogP contribution in [0.1, 0.15) is 41.4 Å². The summed E-state index contributed by atoms with van der Waals surface area (Å²) in [4.78, 5) is 0. The average molecular weight is 688 g/mol. The van der Waals surface area contributed by atoms with Gasteiger partial charge in [-0.2, -0.15) is 4.57 Å². The van der Waals surface area contributed by atoms with E-state index in [1.165, 1.54) is 22.3 Å². The Morgan fingerprint density at radius 3 is 2.14 bits per heavy atom. The van der Waals surface area contributed by atoms with E-state index in [-0.39, 0.29) is 18.6 Å². The quantitative estimate of drug-likeness (QED) is 0.161. The minimum Gasteiger partial charge on any atom is -0.493 e. The molecular weight excluding hydrogens is 658 g/mol. The van der Waals surface area contributed by atoms with Gasteiger partial charge in [0, 0.05) is 26.8 Å². The van der Waals surface area contributed by atoms with Gasteiger partial charge in [0.1, 0.15) is 0 Å². The van der Waals surface area contributed by atoms with Crippen molar-refractivity contribution in [3.63, 3.8) is 0 Å². The van der Waals surface area contributed by atoms with E-state index in [1.807, 2.05) is 6.07 Å². The van der Waals surface area contributed by atoms with E-state index in [0.717, 1.165) is 67.8 Å². The van der Waals surface area contributed by atoms with Gasteiger partial charge in [0.05, 0.1) is 25.2 Å². The maximum Gasteiger partial charge on any atom is 0.231 e. The first-order chi connectivity index (χ1) is 20.5. The highest BCUT2D eigenvalue weighted by atomic mass is 79.9. The van der Waals surface area contributed by atoms with Crippen LogP contribution >= 0.6 is 31.9 Å². The van der Waals surface area contributed by atoms with Gasteiger partial charge in [0.25, 0.3) is 0 Å². The van der Waals surface area contributed by atoms with Crippen LogP contribution in [0.3, 0.4) is 0 Å². The number of hydrogen-bond donors (Lipinski definition) is 0. The summed E-state index contributed by atoms with van der Waals surface area (Å²) >= 11 is 7.22. The molecule has 0 amide bonds. The van der Waals surface area contributed by atoms with E-state index in [1.54, 1.807) is 14.2 Å². The summed E-state index contributed by atoms with van der Waals surface area (Å²) in [6.45, 7) is 1.11. The Labute approximate surface area is 262 Å². The number of hydrogen-bond acceptors (Lipinski definition) is 4.